The molecule has 5 nitrogen and oxygen atoms in total. The molecule has 0 spiro atoms. The molecule has 132 valence electrons. The molecular weight excluding hydrogens is 328 g/mol. The summed E-state index contributed by atoms with van der Waals surface area (Å²) in [7, 11) is 1.30. The molecule has 0 N–H and O–H groups in total. The highest BCUT2D eigenvalue weighted by atomic mass is 19.1. The third-order valence-electron chi connectivity index (χ3n) is 4.34. The van der Waals surface area contributed by atoms with Gasteiger partial charge in [-0.15, -0.1) is 0 Å². The number of aromatic nitrogens is 2. The van der Waals surface area contributed by atoms with Gasteiger partial charge in [-0.25, -0.2) is 18.7 Å². The Labute approximate surface area is 144 Å². The van der Waals surface area contributed by atoms with Gasteiger partial charge in [-0.3, -0.25) is 4.79 Å². The third-order valence-corrected chi connectivity index (χ3v) is 4.34. The SMILES string of the molecule is COC(=O)C[C@@H]1C[C@H](F)CN1c1ncc(C)c(-c2ccccc2F)n1. The van der Waals surface area contributed by atoms with Crippen LogP contribution < -0.4 is 4.90 Å². The van der Waals surface area contributed by atoms with E-state index in [0.29, 0.717) is 11.3 Å². The summed E-state index contributed by atoms with van der Waals surface area (Å²) < 4.78 is 32.7. The summed E-state index contributed by atoms with van der Waals surface area (Å²) in [5.74, 6) is -0.505. The summed E-state index contributed by atoms with van der Waals surface area (Å²) in [5.41, 5.74) is 1.54. The largest absolute Gasteiger partial charge is 0.469 e. The Morgan fingerprint density at radius 1 is 1.40 bits per heavy atom. The van der Waals surface area contributed by atoms with Gasteiger partial charge < -0.3 is 9.64 Å². The van der Waals surface area contributed by atoms with Crippen LogP contribution in [0.15, 0.2) is 30.5 Å². The van der Waals surface area contributed by atoms with Gasteiger partial charge in [0.05, 0.1) is 25.8 Å². The second-order valence-electron chi connectivity index (χ2n) is 6.10. The van der Waals surface area contributed by atoms with Crippen molar-refractivity contribution in [1.29, 1.82) is 0 Å². The van der Waals surface area contributed by atoms with Crippen molar-refractivity contribution in [3.8, 4) is 11.3 Å². The zero-order chi connectivity index (χ0) is 18.0. The molecular formula is C18H19F2N3O2. The molecule has 3 rings (SSSR count). The van der Waals surface area contributed by atoms with Crippen LogP contribution in [0.2, 0.25) is 0 Å². The summed E-state index contributed by atoms with van der Waals surface area (Å²) >= 11 is 0. The average Bonchev–Trinajstić information content (AvgIpc) is 2.96. The predicted octanol–water partition coefficient (Wildman–Crippen LogP) is 3.07. The number of anilines is 1. The van der Waals surface area contributed by atoms with Crippen molar-refractivity contribution in [2.45, 2.75) is 32.0 Å². The summed E-state index contributed by atoms with van der Waals surface area (Å²) in [6, 6.07) is 5.97. The number of benzene rings is 1. The molecule has 1 aliphatic heterocycles. The molecule has 1 aliphatic rings. The summed E-state index contributed by atoms with van der Waals surface area (Å²) in [6.45, 7) is 1.89. The van der Waals surface area contributed by atoms with E-state index in [1.807, 2.05) is 0 Å². The molecule has 2 atom stereocenters. The van der Waals surface area contributed by atoms with E-state index >= 15 is 0 Å². The molecule has 1 aromatic carbocycles. The average molecular weight is 347 g/mol. The van der Waals surface area contributed by atoms with Crippen LogP contribution in [0.25, 0.3) is 11.3 Å². The second kappa shape index (κ2) is 7.13. The summed E-state index contributed by atoms with van der Waals surface area (Å²) in [6.07, 6.45) is 0.784. The predicted molar refractivity (Wildman–Crippen MR) is 89.4 cm³/mol. The molecule has 1 fully saturated rings. The number of hydrogen-bond acceptors (Lipinski definition) is 5. The fraction of sp³-hybridized carbons (Fsp3) is 0.389. The zero-order valence-electron chi connectivity index (χ0n) is 14.1. The Kier molecular flexibility index (Phi) is 4.92. The minimum absolute atomic E-state index is 0.0587. The number of ether oxygens (including phenoxy) is 1. The lowest BCUT2D eigenvalue weighted by atomic mass is 10.1. The number of aryl methyl sites for hydroxylation is 1. The van der Waals surface area contributed by atoms with Gasteiger partial charge in [0.2, 0.25) is 5.95 Å². The number of rotatable bonds is 4. The molecule has 0 unspecified atom stereocenters. The number of halogens is 2. The van der Waals surface area contributed by atoms with Gasteiger partial charge in [-0.2, -0.15) is 0 Å². The topological polar surface area (TPSA) is 55.3 Å². The second-order valence-corrected chi connectivity index (χ2v) is 6.10. The minimum atomic E-state index is -1.07. The van der Waals surface area contributed by atoms with Crippen molar-refractivity contribution in [2.24, 2.45) is 0 Å². The Bertz CT molecular complexity index is 785. The highest BCUT2D eigenvalue weighted by molar-refractivity contribution is 5.71. The van der Waals surface area contributed by atoms with Gasteiger partial charge in [0.25, 0.3) is 0 Å². The van der Waals surface area contributed by atoms with E-state index in [1.165, 1.54) is 13.2 Å². The van der Waals surface area contributed by atoms with Crippen molar-refractivity contribution in [2.75, 3.05) is 18.6 Å². The molecule has 2 heterocycles. The maximum Gasteiger partial charge on any atom is 0.307 e. The number of nitrogens with zero attached hydrogens (tertiary/aromatic N) is 3. The van der Waals surface area contributed by atoms with E-state index in [4.69, 9.17) is 0 Å². The van der Waals surface area contributed by atoms with E-state index in [1.54, 1.807) is 36.2 Å². The van der Waals surface area contributed by atoms with E-state index < -0.39 is 12.1 Å². The number of alkyl halides is 1. The van der Waals surface area contributed by atoms with Crippen LogP contribution in [0.4, 0.5) is 14.7 Å². The van der Waals surface area contributed by atoms with Gasteiger partial charge in [0.15, 0.2) is 0 Å². The molecule has 0 radical (unpaired) electrons. The quantitative estimate of drug-likeness (QED) is 0.796. The molecule has 2 aromatic rings. The normalized spacial score (nSPS) is 19.9. The molecule has 1 saturated heterocycles. The van der Waals surface area contributed by atoms with Crippen molar-refractivity contribution in [3.05, 3.63) is 41.8 Å². The highest BCUT2D eigenvalue weighted by Crippen LogP contribution is 2.30. The van der Waals surface area contributed by atoms with E-state index in [9.17, 15) is 13.6 Å². The fourth-order valence-electron chi connectivity index (χ4n) is 3.07. The van der Waals surface area contributed by atoms with Crippen LogP contribution in [0.1, 0.15) is 18.4 Å². The van der Waals surface area contributed by atoms with E-state index in [-0.39, 0.29) is 37.2 Å². The smallest absolute Gasteiger partial charge is 0.307 e. The van der Waals surface area contributed by atoms with Crippen LogP contribution in [-0.2, 0) is 9.53 Å². The number of hydrogen-bond donors (Lipinski definition) is 0. The van der Waals surface area contributed by atoms with Crippen molar-refractivity contribution in [1.82, 2.24) is 9.97 Å². The molecule has 0 amide bonds. The lowest BCUT2D eigenvalue weighted by Gasteiger charge is -2.24. The standard InChI is InChI=1S/C18H19F2N3O2/c1-11-9-21-18(22-17(11)14-5-3-4-6-15(14)20)23-10-12(19)7-13(23)8-16(24)25-2/h3-6,9,12-13H,7-8,10H2,1-2H3/t12-,13-/m0/s1. The van der Waals surface area contributed by atoms with Crippen molar-refractivity contribution < 1.29 is 18.3 Å². The van der Waals surface area contributed by atoms with Crippen LogP contribution >= 0.6 is 0 Å². The Morgan fingerprint density at radius 3 is 2.88 bits per heavy atom. The highest BCUT2D eigenvalue weighted by Gasteiger charge is 2.35. The Morgan fingerprint density at radius 2 is 2.16 bits per heavy atom. The minimum Gasteiger partial charge on any atom is -0.469 e. The Balaban J connectivity index is 1.96. The van der Waals surface area contributed by atoms with Gasteiger partial charge in [-0.05, 0) is 24.6 Å². The first kappa shape index (κ1) is 17.3. The molecule has 0 bridgehead atoms. The number of esters is 1. The Hall–Kier alpha value is -2.57. The van der Waals surface area contributed by atoms with E-state index in [0.717, 1.165) is 5.56 Å². The fourth-order valence-corrected chi connectivity index (χ4v) is 3.07. The maximum absolute atomic E-state index is 14.1. The number of carbonyl (C=O) groups is 1. The van der Waals surface area contributed by atoms with Crippen LogP contribution in [0.3, 0.4) is 0 Å². The van der Waals surface area contributed by atoms with Crippen molar-refractivity contribution >= 4 is 11.9 Å². The third kappa shape index (κ3) is 3.60. The molecule has 0 aliphatic carbocycles. The lowest BCUT2D eigenvalue weighted by Crippen LogP contribution is -2.33. The van der Waals surface area contributed by atoms with E-state index in [2.05, 4.69) is 14.7 Å². The van der Waals surface area contributed by atoms with Crippen LogP contribution in [0, 0.1) is 12.7 Å². The molecule has 1 aromatic heterocycles. The number of carbonyl (C=O) groups excluding carboxylic acids is 1. The number of methoxy groups -OCH3 is 1. The molecule has 7 heteroatoms. The lowest BCUT2D eigenvalue weighted by molar-refractivity contribution is -0.140. The van der Waals surface area contributed by atoms with Crippen molar-refractivity contribution in [3.63, 3.8) is 0 Å². The van der Waals surface area contributed by atoms with Crippen LogP contribution in [-0.4, -0.2) is 41.8 Å². The van der Waals surface area contributed by atoms with Gasteiger partial charge in [-0.1, -0.05) is 12.1 Å². The first-order chi connectivity index (χ1) is 12.0. The first-order valence-electron chi connectivity index (χ1n) is 8.05. The first-order valence-corrected chi connectivity index (χ1v) is 8.05. The summed E-state index contributed by atoms with van der Waals surface area (Å²) in [5, 5.41) is 0. The monoisotopic (exact) mass is 347 g/mol. The van der Waals surface area contributed by atoms with Gasteiger partial charge in [0.1, 0.15) is 12.0 Å². The zero-order valence-corrected chi connectivity index (χ0v) is 14.1. The molecule has 25 heavy (non-hydrogen) atoms. The molecule has 0 saturated carbocycles. The maximum atomic E-state index is 14.1. The van der Waals surface area contributed by atoms with Gasteiger partial charge >= 0.3 is 5.97 Å². The van der Waals surface area contributed by atoms with Crippen LogP contribution in [0.5, 0.6) is 0 Å². The summed E-state index contributed by atoms with van der Waals surface area (Å²) in [4.78, 5) is 22.0. The van der Waals surface area contributed by atoms with Gasteiger partial charge in [0, 0.05) is 24.2 Å².